The minimum Gasteiger partial charge on any atom is -0.408 e. The van der Waals surface area contributed by atoms with Crippen LogP contribution in [0.2, 0.25) is 5.15 Å². The largest absolute Gasteiger partial charge is 0.440 e. The molecule has 0 bridgehead atoms. The molecule has 12 heavy (non-hydrogen) atoms. The highest BCUT2D eigenvalue weighted by Gasteiger charge is 2.01. The first-order chi connectivity index (χ1) is 5.77. The molecule has 0 atom stereocenters. The number of hydrogen-bond donors (Lipinski definition) is 0. The molecule has 3 nitrogen and oxygen atoms in total. The van der Waals surface area contributed by atoms with Gasteiger partial charge in [-0.15, -0.1) is 0 Å². The standard InChI is InChI=1S/C8H4ClNO2/c9-7-5-3-1-2-4-6(5)12-8(11)10-7/h1-4H. The maximum absolute atomic E-state index is 10.7. The average Bonchev–Trinajstić information content (AvgIpc) is 2.04. The van der Waals surface area contributed by atoms with E-state index in [1.165, 1.54) is 0 Å². The molecule has 0 saturated heterocycles. The molecule has 4 heteroatoms. The Hall–Kier alpha value is -1.35. The van der Waals surface area contributed by atoms with Crippen LogP contribution >= 0.6 is 11.6 Å². The molecule has 0 unspecified atom stereocenters. The summed E-state index contributed by atoms with van der Waals surface area (Å²) in [5.41, 5.74) is 0.461. The van der Waals surface area contributed by atoms with Crippen LogP contribution in [0.1, 0.15) is 0 Å². The molecular formula is C8H4ClNO2. The topological polar surface area (TPSA) is 43.1 Å². The third-order valence-corrected chi connectivity index (χ3v) is 1.78. The van der Waals surface area contributed by atoms with Crippen LogP contribution in [0.25, 0.3) is 11.0 Å². The van der Waals surface area contributed by atoms with E-state index in [9.17, 15) is 4.79 Å². The zero-order valence-corrected chi connectivity index (χ0v) is 6.71. The maximum Gasteiger partial charge on any atom is 0.440 e. The molecule has 1 heterocycles. The van der Waals surface area contributed by atoms with E-state index in [1.54, 1.807) is 24.3 Å². The van der Waals surface area contributed by atoms with E-state index < -0.39 is 5.76 Å². The van der Waals surface area contributed by atoms with Gasteiger partial charge in [-0.05, 0) is 12.1 Å². The summed E-state index contributed by atoms with van der Waals surface area (Å²) in [5, 5.41) is 0.834. The lowest BCUT2D eigenvalue weighted by Crippen LogP contribution is -2.02. The van der Waals surface area contributed by atoms with Crippen molar-refractivity contribution >= 4 is 22.6 Å². The van der Waals surface area contributed by atoms with Crippen LogP contribution in [0, 0.1) is 0 Å². The molecule has 0 aliphatic heterocycles. The second kappa shape index (κ2) is 2.60. The minimum atomic E-state index is -0.668. The van der Waals surface area contributed by atoms with Crippen LogP contribution in [-0.4, -0.2) is 4.98 Å². The van der Waals surface area contributed by atoms with Crippen molar-refractivity contribution in [2.75, 3.05) is 0 Å². The van der Waals surface area contributed by atoms with Crippen molar-refractivity contribution in [3.05, 3.63) is 40.0 Å². The van der Waals surface area contributed by atoms with Crippen molar-refractivity contribution < 1.29 is 4.42 Å². The number of benzene rings is 1. The Balaban J connectivity index is 2.99. The predicted molar refractivity (Wildman–Crippen MR) is 45.3 cm³/mol. The Bertz CT molecular complexity index is 478. The summed E-state index contributed by atoms with van der Waals surface area (Å²) in [7, 11) is 0. The zero-order chi connectivity index (χ0) is 8.55. The summed E-state index contributed by atoms with van der Waals surface area (Å²) in [6.07, 6.45) is 0. The van der Waals surface area contributed by atoms with Gasteiger partial charge in [-0.2, -0.15) is 4.98 Å². The molecule has 0 amide bonds. The maximum atomic E-state index is 10.7. The molecule has 0 saturated carbocycles. The lowest BCUT2D eigenvalue weighted by atomic mass is 10.3. The second-order valence-corrected chi connectivity index (χ2v) is 2.62. The van der Waals surface area contributed by atoms with Gasteiger partial charge in [0.15, 0.2) is 0 Å². The van der Waals surface area contributed by atoms with Gasteiger partial charge < -0.3 is 4.42 Å². The Labute approximate surface area is 72.6 Å². The van der Waals surface area contributed by atoms with Crippen molar-refractivity contribution in [3.8, 4) is 0 Å². The number of fused-ring (bicyclic) bond motifs is 1. The van der Waals surface area contributed by atoms with Crippen molar-refractivity contribution in [1.29, 1.82) is 0 Å². The molecule has 0 N–H and O–H groups in total. The van der Waals surface area contributed by atoms with Gasteiger partial charge in [0.25, 0.3) is 0 Å². The van der Waals surface area contributed by atoms with Gasteiger partial charge in [-0.3, -0.25) is 0 Å². The van der Waals surface area contributed by atoms with Crippen LogP contribution in [0.5, 0.6) is 0 Å². The Kier molecular flexibility index (Phi) is 1.59. The molecule has 0 radical (unpaired) electrons. The van der Waals surface area contributed by atoms with E-state index in [1.807, 2.05) is 0 Å². The number of para-hydroxylation sites is 1. The van der Waals surface area contributed by atoms with Gasteiger partial charge in [0.2, 0.25) is 0 Å². The van der Waals surface area contributed by atoms with E-state index in [4.69, 9.17) is 16.0 Å². The smallest absolute Gasteiger partial charge is 0.408 e. The molecule has 1 aromatic carbocycles. The fourth-order valence-electron chi connectivity index (χ4n) is 0.983. The van der Waals surface area contributed by atoms with Crippen molar-refractivity contribution in [1.82, 2.24) is 4.98 Å². The third-order valence-electron chi connectivity index (χ3n) is 1.50. The molecular weight excluding hydrogens is 178 g/mol. The summed E-state index contributed by atoms with van der Waals surface area (Å²) in [6, 6.07) is 6.98. The highest BCUT2D eigenvalue weighted by Crippen LogP contribution is 2.17. The molecule has 1 aromatic heterocycles. The fraction of sp³-hybridized carbons (Fsp3) is 0. The summed E-state index contributed by atoms with van der Waals surface area (Å²) in [4.78, 5) is 14.2. The molecule has 2 aromatic rings. The lowest BCUT2D eigenvalue weighted by molar-refractivity contribution is 0.532. The number of rotatable bonds is 0. The highest BCUT2D eigenvalue weighted by atomic mass is 35.5. The number of aromatic nitrogens is 1. The van der Waals surface area contributed by atoms with Gasteiger partial charge in [0.1, 0.15) is 10.7 Å². The first kappa shape index (κ1) is 7.31. The molecule has 60 valence electrons. The molecule has 0 fully saturated rings. The zero-order valence-electron chi connectivity index (χ0n) is 5.95. The monoisotopic (exact) mass is 181 g/mol. The molecule has 0 aliphatic carbocycles. The quantitative estimate of drug-likeness (QED) is 0.623. The highest BCUT2D eigenvalue weighted by molar-refractivity contribution is 6.33. The number of halogens is 1. The fourth-order valence-corrected chi connectivity index (χ4v) is 1.21. The first-order valence-corrected chi connectivity index (χ1v) is 3.70. The molecule has 0 aliphatic rings. The van der Waals surface area contributed by atoms with E-state index >= 15 is 0 Å². The van der Waals surface area contributed by atoms with Gasteiger partial charge >= 0.3 is 5.76 Å². The predicted octanol–water partition coefficient (Wildman–Crippen LogP) is 1.84. The first-order valence-electron chi connectivity index (χ1n) is 3.33. The van der Waals surface area contributed by atoms with Crippen molar-refractivity contribution in [2.45, 2.75) is 0 Å². The van der Waals surface area contributed by atoms with Crippen molar-refractivity contribution in [3.63, 3.8) is 0 Å². The number of hydrogen-bond acceptors (Lipinski definition) is 3. The van der Waals surface area contributed by atoms with E-state index in [2.05, 4.69) is 4.98 Å². The van der Waals surface area contributed by atoms with Crippen LogP contribution in [0.4, 0.5) is 0 Å². The summed E-state index contributed by atoms with van der Waals surface area (Å²) in [6.45, 7) is 0. The Morgan fingerprint density at radius 1 is 1.33 bits per heavy atom. The second-order valence-electron chi connectivity index (χ2n) is 2.27. The van der Waals surface area contributed by atoms with E-state index in [0.29, 0.717) is 11.0 Å². The van der Waals surface area contributed by atoms with Gasteiger partial charge in [0.05, 0.1) is 5.39 Å². The molecule has 0 spiro atoms. The van der Waals surface area contributed by atoms with Crippen LogP contribution in [0.3, 0.4) is 0 Å². The normalized spacial score (nSPS) is 10.4. The van der Waals surface area contributed by atoms with Crippen LogP contribution < -0.4 is 5.76 Å². The van der Waals surface area contributed by atoms with Gasteiger partial charge in [-0.25, -0.2) is 4.79 Å². The van der Waals surface area contributed by atoms with Crippen molar-refractivity contribution in [2.24, 2.45) is 0 Å². The minimum absolute atomic E-state index is 0.182. The molecule has 2 rings (SSSR count). The summed E-state index contributed by atoms with van der Waals surface area (Å²) >= 11 is 5.69. The van der Waals surface area contributed by atoms with E-state index in [-0.39, 0.29) is 5.15 Å². The Morgan fingerprint density at radius 3 is 2.92 bits per heavy atom. The Morgan fingerprint density at radius 2 is 2.08 bits per heavy atom. The summed E-state index contributed by atoms with van der Waals surface area (Å²) in [5.74, 6) is -0.668. The summed E-state index contributed by atoms with van der Waals surface area (Å²) < 4.78 is 4.79. The van der Waals surface area contributed by atoms with Gasteiger partial charge in [-0.1, -0.05) is 23.7 Å². The van der Waals surface area contributed by atoms with Crippen LogP contribution in [0.15, 0.2) is 33.5 Å². The third kappa shape index (κ3) is 1.08. The van der Waals surface area contributed by atoms with Gasteiger partial charge in [0, 0.05) is 0 Å². The average molecular weight is 182 g/mol. The SMILES string of the molecule is O=c1nc(Cl)c2ccccc2o1. The van der Waals surface area contributed by atoms with E-state index in [0.717, 1.165) is 0 Å². The number of nitrogens with zero attached hydrogens (tertiary/aromatic N) is 1. The lowest BCUT2D eigenvalue weighted by Gasteiger charge is -1.94. The van der Waals surface area contributed by atoms with Crippen LogP contribution in [-0.2, 0) is 0 Å².